The second-order valence-electron chi connectivity index (χ2n) is 6.88. The molecule has 0 bridgehead atoms. The Balaban J connectivity index is 2.20. The molecule has 0 aromatic heterocycles. The SMILES string of the molecule is COc1cc(C)c([C@@H]2Cc3c(C#N)c(OC)cc(C)c3[C@@H](O)O2)c(C)c1C#N. The number of hydrogen-bond donors (Lipinski definition) is 1. The maximum atomic E-state index is 10.7. The molecule has 1 N–H and O–H groups in total. The number of aliphatic hydroxyl groups is 1. The van der Waals surface area contributed by atoms with Gasteiger partial charge in [0.1, 0.15) is 23.6 Å². The second kappa shape index (κ2) is 7.52. The topological polar surface area (TPSA) is 95.5 Å². The minimum atomic E-state index is -1.17. The molecule has 3 rings (SSSR count). The number of nitrogens with zero attached hydrogens (tertiary/aromatic N) is 2. The summed E-state index contributed by atoms with van der Waals surface area (Å²) >= 11 is 0. The number of aliphatic hydroxyl groups excluding tert-OH is 1. The lowest BCUT2D eigenvalue weighted by molar-refractivity contribution is -0.152. The lowest BCUT2D eigenvalue weighted by Crippen LogP contribution is -2.24. The van der Waals surface area contributed by atoms with Crippen LogP contribution in [0.2, 0.25) is 0 Å². The molecule has 0 aliphatic carbocycles. The second-order valence-corrected chi connectivity index (χ2v) is 6.88. The number of methoxy groups -OCH3 is 2. The van der Waals surface area contributed by atoms with E-state index in [1.54, 1.807) is 12.1 Å². The summed E-state index contributed by atoms with van der Waals surface area (Å²) in [6.07, 6.45) is -1.27. The Morgan fingerprint density at radius 2 is 1.50 bits per heavy atom. The van der Waals surface area contributed by atoms with Crippen LogP contribution in [0.25, 0.3) is 0 Å². The zero-order valence-electron chi connectivity index (χ0n) is 16.6. The molecule has 6 heteroatoms. The van der Waals surface area contributed by atoms with Crippen molar-refractivity contribution in [3.05, 3.63) is 56.6 Å². The third kappa shape index (κ3) is 2.97. The van der Waals surface area contributed by atoms with E-state index in [1.165, 1.54) is 14.2 Å². The first-order valence-electron chi connectivity index (χ1n) is 8.90. The molecule has 1 aliphatic rings. The normalized spacial score (nSPS) is 18.0. The first-order valence-corrected chi connectivity index (χ1v) is 8.90. The molecule has 0 spiro atoms. The van der Waals surface area contributed by atoms with Crippen molar-refractivity contribution in [3.63, 3.8) is 0 Å². The zero-order chi connectivity index (χ0) is 20.6. The van der Waals surface area contributed by atoms with Crippen molar-refractivity contribution in [2.24, 2.45) is 0 Å². The zero-order valence-corrected chi connectivity index (χ0v) is 16.6. The molecule has 1 aliphatic heterocycles. The van der Waals surface area contributed by atoms with Crippen molar-refractivity contribution in [3.8, 4) is 23.6 Å². The quantitative estimate of drug-likeness (QED) is 0.875. The molecule has 2 aromatic rings. The highest BCUT2D eigenvalue weighted by molar-refractivity contribution is 5.59. The number of nitriles is 2. The van der Waals surface area contributed by atoms with Gasteiger partial charge in [-0.15, -0.1) is 0 Å². The summed E-state index contributed by atoms with van der Waals surface area (Å²) in [7, 11) is 3.05. The van der Waals surface area contributed by atoms with Gasteiger partial charge in [0.05, 0.1) is 31.5 Å². The van der Waals surface area contributed by atoms with E-state index in [4.69, 9.17) is 14.2 Å². The Morgan fingerprint density at radius 3 is 2.04 bits per heavy atom. The van der Waals surface area contributed by atoms with Gasteiger partial charge in [0.15, 0.2) is 6.29 Å². The summed E-state index contributed by atoms with van der Waals surface area (Å²) in [6, 6.07) is 7.92. The number of hydrogen-bond acceptors (Lipinski definition) is 6. The molecule has 1 heterocycles. The molecule has 144 valence electrons. The first kappa shape index (κ1) is 19.7. The third-order valence-corrected chi connectivity index (χ3v) is 5.36. The first-order chi connectivity index (χ1) is 13.4. The van der Waals surface area contributed by atoms with Crippen molar-refractivity contribution in [2.75, 3.05) is 14.2 Å². The average Bonchev–Trinajstić information content (AvgIpc) is 2.66. The van der Waals surface area contributed by atoms with E-state index in [-0.39, 0.29) is 0 Å². The fraction of sp³-hybridized carbons (Fsp3) is 0.364. The molecular weight excluding hydrogens is 356 g/mol. The predicted molar refractivity (Wildman–Crippen MR) is 102 cm³/mol. The van der Waals surface area contributed by atoms with Crippen molar-refractivity contribution in [1.82, 2.24) is 0 Å². The maximum Gasteiger partial charge on any atom is 0.182 e. The van der Waals surface area contributed by atoms with Crippen LogP contribution in [0, 0.1) is 43.4 Å². The van der Waals surface area contributed by atoms with Gasteiger partial charge in [-0.1, -0.05) is 0 Å². The van der Waals surface area contributed by atoms with Crippen molar-refractivity contribution in [2.45, 2.75) is 39.6 Å². The summed E-state index contributed by atoms with van der Waals surface area (Å²) in [5.41, 5.74) is 5.44. The largest absolute Gasteiger partial charge is 0.495 e. The van der Waals surface area contributed by atoms with E-state index in [9.17, 15) is 15.6 Å². The maximum absolute atomic E-state index is 10.7. The van der Waals surface area contributed by atoms with Crippen LogP contribution >= 0.6 is 0 Å². The van der Waals surface area contributed by atoms with Crippen molar-refractivity contribution >= 4 is 0 Å². The molecule has 2 aromatic carbocycles. The molecule has 0 radical (unpaired) electrons. The van der Waals surface area contributed by atoms with E-state index < -0.39 is 12.4 Å². The molecule has 6 nitrogen and oxygen atoms in total. The van der Waals surface area contributed by atoms with E-state index >= 15 is 0 Å². The van der Waals surface area contributed by atoms with Crippen LogP contribution in [0.4, 0.5) is 0 Å². The highest BCUT2D eigenvalue weighted by atomic mass is 16.6. The van der Waals surface area contributed by atoms with E-state index in [1.807, 2.05) is 20.8 Å². The Hall–Kier alpha value is -3.06. The average molecular weight is 378 g/mol. The predicted octanol–water partition coefficient (Wildman–Crippen LogP) is 3.68. The van der Waals surface area contributed by atoms with E-state index in [2.05, 4.69) is 12.1 Å². The van der Waals surface area contributed by atoms with Crippen LogP contribution in [0.5, 0.6) is 11.5 Å². The molecular formula is C22H22N2O4. The summed E-state index contributed by atoms with van der Waals surface area (Å²) < 4.78 is 16.6. The van der Waals surface area contributed by atoms with E-state index in [0.717, 1.165) is 27.8 Å². The van der Waals surface area contributed by atoms with Crippen LogP contribution in [0.15, 0.2) is 12.1 Å². The van der Waals surface area contributed by atoms with Crippen LogP contribution in [-0.2, 0) is 11.2 Å². The number of rotatable bonds is 3. The Kier molecular flexibility index (Phi) is 5.29. The fourth-order valence-corrected chi connectivity index (χ4v) is 4.09. The lowest BCUT2D eigenvalue weighted by atomic mass is 9.84. The van der Waals surface area contributed by atoms with Crippen LogP contribution in [-0.4, -0.2) is 19.3 Å². The van der Waals surface area contributed by atoms with Gasteiger partial charge in [-0.3, -0.25) is 0 Å². The van der Waals surface area contributed by atoms with Crippen LogP contribution < -0.4 is 9.47 Å². The van der Waals surface area contributed by atoms with Gasteiger partial charge in [-0.25, -0.2) is 0 Å². The van der Waals surface area contributed by atoms with Gasteiger partial charge in [0.2, 0.25) is 0 Å². The highest BCUT2D eigenvalue weighted by Crippen LogP contribution is 2.44. The van der Waals surface area contributed by atoms with Gasteiger partial charge in [-0.2, -0.15) is 10.5 Å². The van der Waals surface area contributed by atoms with Gasteiger partial charge in [-0.05, 0) is 60.7 Å². The molecule has 0 amide bonds. The minimum absolute atomic E-state index is 0.395. The Labute approximate surface area is 164 Å². The summed E-state index contributed by atoms with van der Waals surface area (Å²) in [6.45, 7) is 5.61. The van der Waals surface area contributed by atoms with Gasteiger partial charge >= 0.3 is 0 Å². The van der Waals surface area contributed by atoms with Gasteiger partial charge < -0.3 is 19.3 Å². The lowest BCUT2D eigenvalue weighted by Gasteiger charge is -2.33. The summed E-state index contributed by atoms with van der Waals surface area (Å²) in [5.74, 6) is 0.987. The van der Waals surface area contributed by atoms with E-state index in [0.29, 0.717) is 34.6 Å². The molecule has 0 saturated carbocycles. The van der Waals surface area contributed by atoms with Crippen molar-refractivity contribution < 1.29 is 19.3 Å². The third-order valence-electron chi connectivity index (χ3n) is 5.36. The standard InChI is InChI=1S/C22H22N2O4/c1-11-6-17(26-4)15(9-23)13(3)20(11)19-8-14-16(10-24)18(27-5)7-12(2)21(14)22(25)28-19/h6-7,19,22,25H,8H2,1-5H3/t19-,22-/m0/s1. The summed E-state index contributed by atoms with van der Waals surface area (Å²) in [4.78, 5) is 0. The number of fused-ring (bicyclic) bond motifs is 1. The Bertz CT molecular complexity index is 1030. The molecule has 28 heavy (non-hydrogen) atoms. The van der Waals surface area contributed by atoms with Crippen LogP contribution in [0.3, 0.4) is 0 Å². The van der Waals surface area contributed by atoms with Crippen LogP contribution in [0.1, 0.15) is 56.9 Å². The smallest absolute Gasteiger partial charge is 0.182 e. The highest BCUT2D eigenvalue weighted by Gasteiger charge is 2.34. The summed E-state index contributed by atoms with van der Waals surface area (Å²) in [5, 5.41) is 30.0. The van der Waals surface area contributed by atoms with Gasteiger partial charge in [0.25, 0.3) is 0 Å². The number of ether oxygens (including phenoxy) is 3. The van der Waals surface area contributed by atoms with Gasteiger partial charge in [0, 0.05) is 12.0 Å². The molecule has 0 fully saturated rings. The fourth-order valence-electron chi connectivity index (χ4n) is 4.09. The number of benzene rings is 2. The number of aryl methyl sites for hydroxylation is 2. The molecule has 0 unspecified atom stereocenters. The Morgan fingerprint density at radius 1 is 0.964 bits per heavy atom. The molecule has 0 saturated heterocycles. The minimum Gasteiger partial charge on any atom is -0.495 e. The van der Waals surface area contributed by atoms with Crippen molar-refractivity contribution in [1.29, 1.82) is 10.5 Å². The molecule has 2 atom stereocenters. The monoisotopic (exact) mass is 378 g/mol.